The largest absolute Gasteiger partial charge is 0.496 e. The van der Waals surface area contributed by atoms with Crippen LogP contribution in [0.5, 0.6) is 5.75 Å². The number of ether oxygens (including phenoxy) is 1. The van der Waals surface area contributed by atoms with Crippen LogP contribution in [0.1, 0.15) is 17.0 Å². The quantitative estimate of drug-likeness (QED) is 0.616. The number of nitrogens with zero attached hydrogens (tertiary/aromatic N) is 2. The van der Waals surface area contributed by atoms with Gasteiger partial charge < -0.3 is 4.74 Å². The minimum atomic E-state index is 0.140. The van der Waals surface area contributed by atoms with E-state index in [4.69, 9.17) is 10.6 Å². The van der Waals surface area contributed by atoms with Crippen LogP contribution < -0.4 is 16.0 Å². The highest BCUT2D eigenvalue weighted by atomic mass is 16.5. The molecule has 1 aromatic carbocycles. The van der Waals surface area contributed by atoms with Gasteiger partial charge in [-0.3, -0.25) is 16.0 Å². The maximum Gasteiger partial charge on any atom is 0.122 e. The highest BCUT2D eigenvalue weighted by Gasteiger charge is 2.14. The van der Waals surface area contributed by atoms with Gasteiger partial charge in [-0.05, 0) is 31.0 Å². The number of rotatable bonds is 6. The van der Waals surface area contributed by atoms with Gasteiger partial charge in [-0.2, -0.15) is 5.10 Å². The van der Waals surface area contributed by atoms with Crippen molar-refractivity contribution in [3.8, 4) is 5.75 Å². The van der Waals surface area contributed by atoms with Crippen molar-refractivity contribution < 1.29 is 4.74 Å². The van der Waals surface area contributed by atoms with Crippen molar-refractivity contribution in [3.63, 3.8) is 0 Å². The van der Waals surface area contributed by atoms with Gasteiger partial charge in [-0.1, -0.05) is 18.2 Å². The van der Waals surface area contributed by atoms with Gasteiger partial charge in [0.15, 0.2) is 0 Å². The molecule has 1 unspecified atom stereocenters. The highest BCUT2D eigenvalue weighted by molar-refractivity contribution is 5.34. The Bertz CT molecular complexity index is 565. The summed E-state index contributed by atoms with van der Waals surface area (Å²) in [5.74, 6) is 6.59. The molecule has 0 radical (unpaired) electrons. The highest BCUT2D eigenvalue weighted by Crippen LogP contribution is 2.20. The molecule has 2 aromatic rings. The normalized spacial score (nSPS) is 12.4. The van der Waals surface area contributed by atoms with Crippen LogP contribution in [0, 0.1) is 6.92 Å². The topological polar surface area (TPSA) is 65.1 Å². The second-order valence-electron chi connectivity index (χ2n) is 4.98. The summed E-state index contributed by atoms with van der Waals surface area (Å²) in [4.78, 5) is 0. The van der Waals surface area contributed by atoms with Crippen molar-refractivity contribution in [2.45, 2.75) is 25.8 Å². The van der Waals surface area contributed by atoms with E-state index in [1.54, 1.807) is 7.11 Å². The first-order valence-electron chi connectivity index (χ1n) is 6.71. The number of nitrogens with two attached hydrogens (primary N) is 1. The Hall–Kier alpha value is -1.85. The van der Waals surface area contributed by atoms with Gasteiger partial charge >= 0.3 is 0 Å². The van der Waals surface area contributed by atoms with Crippen LogP contribution in [0.3, 0.4) is 0 Å². The molecule has 0 spiro atoms. The molecule has 108 valence electrons. The maximum atomic E-state index is 5.70. The summed E-state index contributed by atoms with van der Waals surface area (Å²) in [6.07, 6.45) is 1.64. The summed E-state index contributed by atoms with van der Waals surface area (Å²) in [6.45, 7) is 1.99. The lowest BCUT2D eigenvalue weighted by Crippen LogP contribution is -2.39. The van der Waals surface area contributed by atoms with Crippen LogP contribution in [-0.4, -0.2) is 22.9 Å². The van der Waals surface area contributed by atoms with E-state index >= 15 is 0 Å². The summed E-state index contributed by atoms with van der Waals surface area (Å²) in [5, 5.41) is 4.36. The van der Waals surface area contributed by atoms with Crippen molar-refractivity contribution in [2.24, 2.45) is 12.9 Å². The third kappa shape index (κ3) is 3.37. The van der Waals surface area contributed by atoms with E-state index in [-0.39, 0.29) is 6.04 Å². The van der Waals surface area contributed by atoms with Crippen LogP contribution in [0.15, 0.2) is 30.3 Å². The number of hydrogen-bond donors (Lipinski definition) is 2. The minimum Gasteiger partial charge on any atom is -0.496 e. The van der Waals surface area contributed by atoms with E-state index in [9.17, 15) is 0 Å². The molecule has 0 aliphatic heterocycles. The number of aryl methyl sites for hydroxylation is 2. The third-order valence-electron chi connectivity index (χ3n) is 3.45. The van der Waals surface area contributed by atoms with Crippen molar-refractivity contribution in [2.75, 3.05) is 7.11 Å². The number of hydrogen-bond acceptors (Lipinski definition) is 4. The molecule has 2 rings (SSSR count). The summed E-state index contributed by atoms with van der Waals surface area (Å²) >= 11 is 0. The van der Waals surface area contributed by atoms with E-state index in [0.29, 0.717) is 0 Å². The molecule has 0 saturated heterocycles. The van der Waals surface area contributed by atoms with Crippen molar-refractivity contribution in [3.05, 3.63) is 47.3 Å². The number of aromatic nitrogens is 2. The number of nitrogens with one attached hydrogen (secondary N) is 1. The van der Waals surface area contributed by atoms with Crippen molar-refractivity contribution in [1.29, 1.82) is 0 Å². The van der Waals surface area contributed by atoms with E-state index in [2.05, 4.69) is 22.7 Å². The van der Waals surface area contributed by atoms with Crippen molar-refractivity contribution >= 4 is 0 Å². The zero-order chi connectivity index (χ0) is 14.5. The number of hydrazine groups is 1. The third-order valence-corrected chi connectivity index (χ3v) is 3.45. The lowest BCUT2D eigenvalue weighted by molar-refractivity contribution is 0.404. The first-order chi connectivity index (χ1) is 9.63. The van der Waals surface area contributed by atoms with Gasteiger partial charge in [-0.25, -0.2) is 0 Å². The summed E-state index contributed by atoms with van der Waals surface area (Å²) in [6, 6.07) is 10.2. The number of benzene rings is 1. The van der Waals surface area contributed by atoms with Crippen LogP contribution in [-0.2, 0) is 19.9 Å². The molecule has 3 N–H and O–H groups in total. The Labute approximate surface area is 119 Å². The maximum absolute atomic E-state index is 5.70. The van der Waals surface area contributed by atoms with Gasteiger partial charge in [0.05, 0.1) is 12.8 Å². The molecule has 5 heteroatoms. The molecule has 0 amide bonds. The molecular weight excluding hydrogens is 252 g/mol. The fourth-order valence-electron chi connectivity index (χ4n) is 2.43. The van der Waals surface area contributed by atoms with E-state index in [0.717, 1.165) is 29.8 Å². The fourth-order valence-corrected chi connectivity index (χ4v) is 2.43. The SMILES string of the molecule is COc1ccccc1CC(Cc1cc(C)nn1C)NN. The van der Waals surface area contributed by atoms with Gasteiger partial charge in [0.25, 0.3) is 0 Å². The lowest BCUT2D eigenvalue weighted by Gasteiger charge is -2.17. The second-order valence-corrected chi connectivity index (χ2v) is 4.98. The standard InChI is InChI=1S/C15H22N4O/c1-11-8-14(19(2)18-11)10-13(17-16)9-12-6-4-5-7-15(12)20-3/h4-8,13,17H,9-10,16H2,1-3H3. The molecule has 5 nitrogen and oxygen atoms in total. The van der Waals surface area contributed by atoms with Crippen LogP contribution >= 0.6 is 0 Å². The first-order valence-corrected chi connectivity index (χ1v) is 6.71. The van der Waals surface area contributed by atoms with Gasteiger partial charge in [0.2, 0.25) is 0 Å². The van der Waals surface area contributed by atoms with Crippen LogP contribution in [0.25, 0.3) is 0 Å². The van der Waals surface area contributed by atoms with Crippen LogP contribution in [0.4, 0.5) is 0 Å². The Morgan fingerprint density at radius 3 is 2.70 bits per heavy atom. The summed E-state index contributed by atoms with van der Waals surface area (Å²) < 4.78 is 7.29. The van der Waals surface area contributed by atoms with Gasteiger partial charge in [-0.15, -0.1) is 0 Å². The van der Waals surface area contributed by atoms with E-state index < -0.39 is 0 Å². The second kappa shape index (κ2) is 6.54. The van der Waals surface area contributed by atoms with E-state index in [1.165, 1.54) is 5.69 Å². The average molecular weight is 274 g/mol. The zero-order valence-corrected chi connectivity index (χ0v) is 12.3. The number of methoxy groups -OCH3 is 1. The molecule has 0 aliphatic carbocycles. The Balaban J connectivity index is 2.11. The van der Waals surface area contributed by atoms with Gasteiger partial charge in [0, 0.05) is 25.2 Å². The Kier molecular flexibility index (Phi) is 4.76. The smallest absolute Gasteiger partial charge is 0.122 e. The van der Waals surface area contributed by atoms with Crippen LogP contribution in [0.2, 0.25) is 0 Å². The molecule has 0 aliphatic rings. The van der Waals surface area contributed by atoms with E-state index in [1.807, 2.05) is 36.9 Å². The van der Waals surface area contributed by atoms with Crippen molar-refractivity contribution in [1.82, 2.24) is 15.2 Å². The fraction of sp³-hybridized carbons (Fsp3) is 0.400. The molecule has 0 fully saturated rings. The molecule has 1 aromatic heterocycles. The average Bonchev–Trinajstić information content (AvgIpc) is 2.76. The molecule has 0 saturated carbocycles. The summed E-state index contributed by atoms with van der Waals surface area (Å²) in [5.41, 5.74) is 6.23. The number of para-hydroxylation sites is 1. The molecule has 20 heavy (non-hydrogen) atoms. The lowest BCUT2D eigenvalue weighted by atomic mass is 10.0. The summed E-state index contributed by atoms with van der Waals surface area (Å²) in [7, 11) is 3.65. The molecular formula is C15H22N4O. The predicted molar refractivity (Wildman–Crippen MR) is 79.5 cm³/mol. The monoisotopic (exact) mass is 274 g/mol. The predicted octanol–water partition coefficient (Wildman–Crippen LogP) is 1.35. The minimum absolute atomic E-state index is 0.140. The Morgan fingerprint density at radius 2 is 2.10 bits per heavy atom. The molecule has 1 heterocycles. The Morgan fingerprint density at radius 1 is 1.35 bits per heavy atom. The molecule has 0 bridgehead atoms. The zero-order valence-electron chi connectivity index (χ0n) is 12.3. The molecule has 1 atom stereocenters. The van der Waals surface area contributed by atoms with Gasteiger partial charge in [0.1, 0.15) is 5.75 Å². The first kappa shape index (κ1) is 14.6.